The number of hydroxylamine groups is 1. The van der Waals surface area contributed by atoms with Crippen molar-refractivity contribution in [3.63, 3.8) is 0 Å². The predicted octanol–water partition coefficient (Wildman–Crippen LogP) is 3.38. The Kier molecular flexibility index (Phi) is 6.99. The van der Waals surface area contributed by atoms with E-state index in [0.717, 1.165) is 41.4 Å². The van der Waals surface area contributed by atoms with Gasteiger partial charge in [-0.25, -0.2) is 13.9 Å². The van der Waals surface area contributed by atoms with Gasteiger partial charge in [0.15, 0.2) is 9.84 Å². The molecule has 0 radical (unpaired) electrons. The Labute approximate surface area is 183 Å². The topological polar surface area (TPSA) is 104 Å². The zero-order valence-corrected chi connectivity index (χ0v) is 18.6. The van der Waals surface area contributed by atoms with Crippen molar-refractivity contribution in [2.75, 3.05) is 6.26 Å². The van der Waals surface area contributed by atoms with E-state index in [1.165, 1.54) is 12.4 Å². The quantitative estimate of drug-likeness (QED) is 0.429. The predicted molar refractivity (Wildman–Crippen MR) is 121 cm³/mol. The molecule has 0 aliphatic heterocycles. The lowest BCUT2D eigenvalue weighted by Gasteiger charge is -2.28. The summed E-state index contributed by atoms with van der Waals surface area (Å²) in [6.07, 6.45) is 7.23. The highest BCUT2D eigenvalue weighted by atomic mass is 32.2. The Hall–Kier alpha value is -2.48. The molecule has 0 bridgehead atoms. The van der Waals surface area contributed by atoms with Crippen LogP contribution in [0.5, 0.6) is 0 Å². The molecule has 0 saturated heterocycles. The van der Waals surface area contributed by atoms with Crippen molar-refractivity contribution < 1.29 is 23.5 Å². The Bertz CT molecular complexity index is 1040. The summed E-state index contributed by atoms with van der Waals surface area (Å²) < 4.78 is 22.5. The fourth-order valence-corrected chi connectivity index (χ4v) is 4.51. The van der Waals surface area contributed by atoms with Crippen LogP contribution in [0.25, 0.3) is 17.2 Å². The van der Waals surface area contributed by atoms with Crippen LogP contribution in [-0.2, 0) is 21.1 Å². The van der Waals surface area contributed by atoms with E-state index in [9.17, 15) is 18.3 Å². The van der Waals surface area contributed by atoms with Crippen LogP contribution in [0.3, 0.4) is 0 Å². The van der Waals surface area contributed by atoms with Gasteiger partial charge in [-0.3, -0.25) is 10.0 Å². The molecule has 1 saturated carbocycles. The van der Waals surface area contributed by atoms with Crippen LogP contribution >= 0.6 is 0 Å². The van der Waals surface area contributed by atoms with E-state index < -0.39 is 20.5 Å². The lowest BCUT2D eigenvalue weighted by atomic mass is 9.82. The third kappa shape index (κ3) is 5.42. The summed E-state index contributed by atoms with van der Waals surface area (Å²) in [5.41, 5.74) is 5.61. The lowest BCUT2D eigenvalue weighted by molar-refractivity contribution is -0.131. The third-order valence-corrected chi connectivity index (χ3v) is 8.23. The normalized spacial score (nSPS) is 20.8. The van der Waals surface area contributed by atoms with E-state index in [1.54, 1.807) is 0 Å². The van der Waals surface area contributed by atoms with E-state index in [0.29, 0.717) is 12.3 Å². The van der Waals surface area contributed by atoms with Gasteiger partial charge >= 0.3 is 0 Å². The number of sulfone groups is 1. The first kappa shape index (κ1) is 23.2. The minimum absolute atomic E-state index is 0.0661. The number of hydrogen-bond acceptors (Lipinski definition) is 5. The molecule has 0 aromatic heterocycles. The number of hydrogen-bond donors (Lipinski definition) is 3. The third-order valence-electron chi connectivity index (χ3n) is 6.20. The minimum atomic E-state index is -3.70. The number of benzene rings is 2. The van der Waals surface area contributed by atoms with Crippen molar-refractivity contribution >= 4 is 21.8 Å². The summed E-state index contributed by atoms with van der Waals surface area (Å²) >= 11 is 0. The minimum Gasteiger partial charge on any atom is -0.393 e. The number of aliphatic hydroxyl groups is 1. The van der Waals surface area contributed by atoms with Gasteiger partial charge in [0.1, 0.15) is 4.75 Å². The zero-order valence-electron chi connectivity index (χ0n) is 17.8. The molecule has 2 aromatic rings. The first-order valence-corrected chi connectivity index (χ1v) is 12.2. The number of aliphatic hydroxyl groups excluding tert-OH is 1. The number of amides is 1. The fraction of sp³-hybridized carbons (Fsp3) is 0.375. The SMILES string of the molecule is CC(CCc1ccc(-c2ccc(C=CC3CC(O)C3)cc2)cc1)(C(=O)NO)S(C)(=O)=O. The number of allylic oxidation sites excluding steroid dienone is 1. The van der Waals surface area contributed by atoms with Gasteiger partial charge in [0, 0.05) is 6.26 Å². The van der Waals surface area contributed by atoms with Crippen molar-refractivity contribution in [1.29, 1.82) is 0 Å². The Morgan fingerprint density at radius 2 is 1.65 bits per heavy atom. The van der Waals surface area contributed by atoms with E-state index in [4.69, 9.17) is 5.21 Å². The summed E-state index contributed by atoms with van der Waals surface area (Å²) in [6, 6.07) is 16.0. The summed E-state index contributed by atoms with van der Waals surface area (Å²) in [6.45, 7) is 1.32. The second kappa shape index (κ2) is 9.34. The number of rotatable bonds is 8. The van der Waals surface area contributed by atoms with Crippen molar-refractivity contribution in [1.82, 2.24) is 5.48 Å². The molecule has 1 amide bonds. The Morgan fingerprint density at radius 1 is 1.10 bits per heavy atom. The Balaban J connectivity index is 1.64. The highest BCUT2D eigenvalue weighted by molar-refractivity contribution is 7.92. The van der Waals surface area contributed by atoms with Crippen LogP contribution in [0, 0.1) is 5.92 Å². The molecule has 3 rings (SSSR count). The van der Waals surface area contributed by atoms with Gasteiger partial charge in [-0.05, 0) is 60.8 Å². The van der Waals surface area contributed by atoms with Crippen molar-refractivity contribution in [3.05, 3.63) is 65.7 Å². The number of carbonyl (C=O) groups is 1. The van der Waals surface area contributed by atoms with Gasteiger partial charge < -0.3 is 5.11 Å². The molecule has 6 nitrogen and oxygen atoms in total. The van der Waals surface area contributed by atoms with Gasteiger partial charge in [-0.15, -0.1) is 0 Å². The molecule has 3 N–H and O–H groups in total. The molecule has 1 fully saturated rings. The fourth-order valence-electron chi connectivity index (χ4n) is 3.65. The van der Waals surface area contributed by atoms with Gasteiger partial charge in [-0.2, -0.15) is 0 Å². The number of nitrogens with one attached hydrogen (secondary N) is 1. The average molecular weight is 444 g/mol. The molecule has 31 heavy (non-hydrogen) atoms. The molecule has 0 heterocycles. The first-order chi connectivity index (χ1) is 14.6. The van der Waals surface area contributed by atoms with Crippen LogP contribution in [-0.4, -0.2) is 41.7 Å². The molecular formula is C24H29NO5S. The highest BCUT2D eigenvalue weighted by Gasteiger charge is 2.43. The average Bonchev–Trinajstić information content (AvgIpc) is 2.73. The maximum Gasteiger partial charge on any atom is 0.264 e. The monoisotopic (exact) mass is 443 g/mol. The van der Waals surface area contributed by atoms with E-state index >= 15 is 0 Å². The van der Waals surface area contributed by atoms with E-state index in [-0.39, 0.29) is 12.5 Å². The van der Waals surface area contributed by atoms with Crippen molar-refractivity contribution in [3.8, 4) is 11.1 Å². The van der Waals surface area contributed by atoms with E-state index in [2.05, 4.69) is 36.4 Å². The van der Waals surface area contributed by atoms with Gasteiger partial charge in [0.05, 0.1) is 6.10 Å². The van der Waals surface area contributed by atoms with Gasteiger partial charge in [0.25, 0.3) is 5.91 Å². The molecule has 7 heteroatoms. The maximum atomic E-state index is 12.1. The standard InChI is InChI=1S/C24H29NO5S/c1-24(23(27)25-28,31(2,29)30)14-13-18-7-11-21(12-8-18)20-9-5-17(6-10-20)3-4-19-15-22(26)16-19/h3-12,19,22,26,28H,13-16H2,1-2H3,(H,25,27). The summed E-state index contributed by atoms with van der Waals surface area (Å²) in [4.78, 5) is 11.9. The maximum absolute atomic E-state index is 12.1. The second-order valence-corrected chi connectivity index (χ2v) is 11.0. The molecule has 2 aromatic carbocycles. The van der Waals surface area contributed by atoms with Crippen LogP contribution < -0.4 is 5.48 Å². The molecule has 166 valence electrons. The molecule has 0 spiro atoms. The first-order valence-electron chi connectivity index (χ1n) is 10.3. The second-order valence-electron chi connectivity index (χ2n) is 8.51. The summed E-state index contributed by atoms with van der Waals surface area (Å²) in [5.74, 6) is -0.454. The summed E-state index contributed by atoms with van der Waals surface area (Å²) in [7, 11) is -3.70. The van der Waals surface area contributed by atoms with Crippen LogP contribution in [0.15, 0.2) is 54.6 Å². The summed E-state index contributed by atoms with van der Waals surface area (Å²) in [5, 5.41) is 18.3. The molecular weight excluding hydrogens is 414 g/mol. The highest BCUT2D eigenvalue weighted by Crippen LogP contribution is 2.29. The van der Waals surface area contributed by atoms with Gasteiger partial charge in [-0.1, -0.05) is 60.7 Å². The number of carbonyl (C=O) groups excluding carboxylic acids is 1. The van der Waals surface area contributed by atoms with Crippen LogP contribution in [0.4, 0.5) is 0 Å². The van der Waals surface area contributed by atoms with E-state index in [1.807, 2.05) is 24.3 Å². The zero-order chi connectivity index (χ0) is 22.6. The lowest BCUT2D eigenvalue weighted by Crippen LogP contribution is -2.49. The Morgan fingerprint density at radius 3 is 2.13 bits per heavy atom. The van der Waals surface area contributed by atoms with Crippen molar-refractivity contribution in [2.24, 2.45) is 5.92 Å². The molecule has 1 atom stereocenters. The van der Waals surface area contributed by atoms with Crippen molar-refractivity contribution in [2.45, 2.75) is 43.5 Å². The largest absolute Gasteiger partial charge is 0.393 e. The molecule has 1 aliphatic carbocycles. The van der Waals surface area contributed by atoms with Crippen LogP contribution in [0.1, 0.15) is 37.3 Å². The smallest absolute Gasteiger partial charge is 0.264 e. The number of aryl methyl sites for hydroxylation is 1. The van der Waals surface area contributed by atoms with Crippen LogP contribution in [0.2, 0.25) is 0 Å². The van der Waals surface area contributed by atoms with Gasteiger partial charge in [0.2, 0.25) is 0 Å². The molecule has 1 unspecified atom stereocenters. The molecule has 1 aliphatic rings.